The van der Waals surface area contributed by atoms with E-state index in [1.807, 2.05) is 29.1 Å². The van der Waals surface area contributed by atoms with Gasteiger partial charge in [0.05, 0.1) is 0 Å². The molecule has 1 aromatic carbocycles. The molecule has 2 saturated heterocycles. The second kappa shape index (κ2) is 7.02. The van der Waals surface area contributed by atoms with Gasteiger partial charge < -0.3 is 4.74 Å². The first kappa shape index (κ1) is 17.4. The smallest absolute Gasteiger partial charge is 0.165 e. The summed E-state index contributed by atoms with van der Waals surface area (Å²) >= 11 is 0. The molecule has 3 fully saturated rings. The number of ketones is 1. The molecule has 2 unspecified atom stereocenters. The summed E-state index contributed by atoms with van der Waals surface area (Å²) < 4.78 is 7.41. The molecular weight excluding hydrogens is 338 g/mol. The molecule has 144 valence electrons. The highest BCUT2D eigenvalue weighted by atomic mass is 16.5. The van der Waals surface area contributed by atoms with E-state index in [-0.39, 0.29) is 5.78 Å². The lowest BCUT2D eigenvalue weighted by Gasteiger charge is -2.32. The lowest BCUT2D eigenvalue weighted by molar-refractivity contribution is 0.0367. The zero-order valence-electron chi connectivity index (χ0n) is 16.1. The van der Waals surface area contributed by atoms with E-state index in [0.717, 1.165) is 66.4 Å². The van der Waals surface area contributed by atoms with Crippen LogP contribution in [0, 0.1) is 17.8 Å². The molecule has 5 nitrogen and oxygen atoms in total. The van der Waals surface area contributed by atoms with Crippen LogP contribution in [0.1, 0.15) is 43.0 Å². The van der Waals surface area contributed by atoms with E-state index < -0.39 is 0 Å². The molecule has 2 aliphatic heterocycles. The molecule has 0 radical (unpaired) electrons. The van der Waals surface area contributed by atoms with Crippen LogP contribution in [-0.2, 0) is 11.3 Å². The summed E-state index contributed by atoms with van der Waals surface area (Å²) in [7, 11) is 0. The minimum atomic E-state index is 0.258. The molecule has 2 aromatic rings. The lowest BCUT2D eigenvalue weighted by Crippen LogP contribution is -2.39. The fraction of sp³-hybridized carbons (Fsp3) is 0.636. The maximum absolute atomic E-state index is 12.8. The molecule has 5 rings (SSSR count). The number of hydrogen-bond donors (Lipinski definition) is 0. The van der Waals surface area contributed by atoms with Crippen molar-refractivity contribution in [1.82, 2.24) is 14.7 Å². The van der Waals surface area contributed by atoms with E-state index in [4.69, 9.17) is 4.74 Å². The molecule has 0 amide bonds. The number of aromatic nitrogens is 2. The normalized spacial score (nSPS) is 28.6. The fourth-order valence-corrected chi connectivity index (χ4v) is 5.37. The SMILES string of the molecule is CCn1cc2cccc(C(=O)CCC3C4CN(C5CCOCC5)CC34)c2n1. The van der Waals surface area contributed by atoms with Gasteiger partial charge in [-0.25, -0.2) is 0 Å². The zero-order chi connectivity index (χ0) is 18.4. The van der Waals surface area contributed by atoms with E-state index >= 15 is 0 Å². The Morgan fingerprint density at radius 3 is 2.74 bits per heavy atom. The molecule has 1 saturated carbocycles. The maximum atomic E-state index is 12.8. The Morgan fingerprint density at radius 1 is 1.22 bits per heavy atom. The van der Waals surface area contributed by atoms with Gasteiger partial charge in [0.1, 0.15) is 5.52 Å². The highest BCUT2D eigenvalue weighted by Crippen LogP contribution is 2.54. The Labute approximate surface area is 160 Å². The van der Waals surface area contributed by atoms with Gasteiger partial charge >= 0.3 is 0 Å². The standard InChI is InChI=1S/C22H29N3O2/c1-2-25-12-15-4-3-5-18(22(15)23-25)21(26)7-6-17-19-13-24(14-20(17)19)16-8-10-27-11-9-16/h3-5,12,16-17,19-20H,2,6-11,13-14H2,1H3. The Bertz CT molecular complexity index is 827. The number of aryl methyl sites for hydroxylation is 1. The number of carbonyl (C=O) groups excluding carboxylic acids is 1. The number of ether oxygens (including phenoxy) is 1. The van der Waals surface area contributed by atoms with Crippen LogP contribution in [-0.4, -0.2) is 52.8 Å². The van der Waals surface area contributed by atoms with Gasteiger partial charge in [0.2, 0.25) is 0 Å². The Kier molecular flexibility index (Phi) is 4.52. The summed E-state index contributed by atoms with van der Waals surface area (Å²) in [4.78, 5) is 15.5. The zero-order valence-corrected chi connectivity index (χ0v) is 16.1. The van der Waals surface area contributed by atoms with Gasteiger partial charge in [-0.15, -0.1) is 0 Å². The van der Waals surface area contributed by atoms with Crippen molar-refractivity contribution in [3.63, 3.8) is 0 Å². The number of Topliss-reactive ketones (excluding diaryl/α,β-unsaturated/α-hetero) is 1. The van der Waals surface area contributed by atoms with Gasteiger partial charge in [-0.05, 0) is 50.0 Å². The predicted octanol–water partition coefficient (Wildman–Crippen LogP) is 3.38. The molecule has 0 spiro atoms. The van der Waals surface area contributed by atoms with E-state index in [2.05, 4.69) is 16.9 Å². The average molecular weight is 367 g/mol. The minimum absolute atomic E-state index is 0.258. The Morgan fingerprint density at radius 2 is 2.00 bits per heavy atom. The molecule has 2 atom stereocenters. The van der Waals surface area contributed by atoms with Crippen molar-refractivity contribution in [2.75, 3.05) is 26.3 Å². The number of rotatable bonds is 6. The van der Waals surface area contributed by atoms with Gasteiger partial charge in [-0.3, -0.25) is 14.4 Å². The third kappa shape index (κ3) is 3.21. The van der Waals surface area contributed by atoms with Crippen LogP contribution < -0.4 is 0 Å². The molecule has 1 aromatic heterocycles. The monoisotopic (exact) mass is 367 g/mol. The van der Waals surface area contributed by atoms with Crippen molar-refractivity contribution < 1.29 is 9.53 Å². The second-order valence-electron chi connectivity index (χ2n) is 8.48. The number of likely N-dealkylation sites (tertiary alicyclic amines) is 1. The van der Waals surface area contributed by atoms with Gasteiger partial charge in [-0.2, -0.15) is 5.10 Å². The van der Waals surface area contributed by atoms with Crippen LogP contribution in [0.15, 0.2) is 24.4 Å². The van der Waals surface area contributed by atoms with Crippen LogP contribution >= 0.6 is 0 Å². The number of fused-ring (bicyclic) bond motifs is 2. The summed E-state index contributed by atoms with van der Waals surface area (Å²) in [6.45, 7) is 7.23. The number of piperidine rings is 1. The Hall–Kier alpha value is -1.72. The number of carbonyl (C=O) groups is 1. The summed E-state index contributed by atoms with van der Waals surface area (Å²) in [5.41, 5.74) is 1.67. The fourth-order valence-electron chi connectivity index (χ4n) is 5.37. The van der Waals surface area contributed by atoms with Gasteiger partial charge in [0, 0.05) is 62.5 Å². The summed E-state index contributed by atoms with van der Waals surface area (Å²) in [5, 5.41) is 5.66. The first-order valence-corrected chi connectivity index (χ1v) is 10.6. The van der Waals surface area contributed by atoms with E-state index in [0.29, 0.717) is 6.42 Å². The largest absolute Gasteiger partial charge is 0.381 e. The van der Waals surface area contributed by atoms with Crippen LogP contribution in [0.2, 0.25) is 0 Å². The third-order valence-electron chi connectivity index (χ3n) is 7.02. The molecule has 27 heavy (non-hydrogen) atoms. The van der Waals surface area contributed by atoms with Crippen LogP contribution in [0.3, 0.4) is 0 Å². The maximum Gasteiger partial charge on any atom is 0.165 e. The van der Waals surface area contributed by atoms with Crippen molar-refractivity contribution in [1.29, 1.82) is 0 Å². The summed E-state index contributed by atoms with van der Waals surface area (Å²) in [6, 6.07) is 6.70. The Balaban J connectivity index is 1.17. The minimum Gasteiger partial charge on any atom is -0.381 e. The average Bonchev–Trinajstić information content (AvgIpc) is 3.06. The van der Waals surface area contributed by atoms with Crippen molar-refractivity contribution >= 4 is 16.7 Å². The van der Waals surface area contributed by atoms with Crippen LogP contribution in [0.25, 0.3) is 10.9 Å². The van der Waals surface area contributed by atoms with Crippen molar-refractivity contribution in [3.8, 4) is 0 Å². The van der Waals surface area contributed by atoms with E-state index in [9.17, 15) is 4.79 Å². The van der Waals surface area contributed by atoms with Crippen molar-refractivity contribution in [3.05, 3.63) is 30.0 Å². The molecule has 1 aliphatic carbocycles. The second-order valence-corrected chi connectivity index (χ2v) is 8.48. The number of nitrogens with zero attached hydrogens (tertiary/aromatic N) is 3. The topological polar surface area (TPSA) is 47.4 Å². The van der Waals surface area contributed by atoms with Crippen molar-refractivity contribution in [2.24, 2.45) is 17.8 Å². The number of hydrogen-bond acceptors (Lipinski definition) is 4. The van der Waals surface area contributed by atoms with Crippen molar-refractivity contribution in [2.45, 2.75) is 45.2 Å². The number of benzene rings is 1. The van der Waals surface area contributed by atoms with Crippen LogP contribution in [0.5, 0.6) is 0 Å². The first-order valence-electron chi connectivity index (χ1n) is 10.6. The summed E-state index contributed by atoms with van der Waals surface area (Å²) in [5.74, 6) is 2.68. The molecule has 5 heteroatoms. The highest BCUT2D eigenvalue weighted by Gasteiger charge is 2.55. The molecule has 0 N–H and O–H groups in total. The first-order chi connectivity index (χ1) is 13.2. The van der Waals surface area contributed by atoms with Crippen LogP contribution in [0.4, 0.5) is 0 Å². The predicted molar refractivity (Wildman–Crippen MR) is 105 cm³/mol. The van der Waals surface area contributed by atoms with Gasteiger partial charge in [-0.1, -0.05) is 12.1 Å². The lowest BCUT2D eigenvalue weighted by atomic mass is 10.0. The van der Waals surface area contributed by atoms with Gasteiger partial charge in [0.25, 0.3) is 0 Å². The van der Waals surface area contributed by atoms with E-state index in [1.54, 1.807) is 0 Å². The molecule has 0 bridgehead atoms. The van der Waals surface area contributed by atoms with Gasteiger partial charge in [0.15, 0.2) is 5.78 Å². The quantitative estimate of drug-likeness (QED) is 0.735. The molecular formula is C22H29N3O2. The third-order valence-corrected chi connectivity index (χ3v) is 7.02. The summed E-state index contributed by atoms with van der Waals surface area (Å²) in [6.07, 6.45) is 6.12. The van der Waals surface area contributed by atoms with E-state index in [1.165, 1.54) is 25.9 Å². The highest BCUT2D eigenvalue weighted by molar-refractivity contribution is 6.06. The molecule has 3 aliphatic rings. The molecule has 3 heterocycles.